The Hall–Kier alpha value is -1.49. The molecule has 1 aromatic heterocycles. The first-order valence-corrected chi connectivity index (χ1v) is 7.96. The molecule has 0 bridgehead atoms. The third-order valence-electron chi connectivity index (χ3n) is 4.21. The van der Waals surface area contributed by atoms with Crippen molar-refractivity contribution in [1.82, 2.24) is 10.6 Å². The highest BCUT2D eigenvalue weighted by Gasteiger charge is 2.33. The summed E-state index contributed by atoms with van der Waals surface area (Å²) in [5, 5.41) is 6.92. The minimum Gasteiger partial charge on any atom is -0.469 e. The Balaban J connectivity index is 1.46. The topological polar surface area (TPSA) is 58.8 Å². The zero-order chi connectivity index (χ0) is 14.5. The van der Waals surface area contributed by atoms with Crippen LogP contribution in [0.4, 0.5) is 0 Å². The van der Waals surface area contributed by atoms with Crippen LogP contribution in [0.2, 0.25) is 0 Å². The number of furan rings is 1. The molecule has 3 atom stereocenters. The molecular weight excluding hydrogens is 266 g/mol. The molecular formula is C16H25N3O2. The normalized spacial score (nSPS) is 28.6. The summed E-state index contributed by atoms with van der Waals surface area (Å²) in [6.45, 7) is 5.68. The van der Waals surface area contributed by atoms with Crippen molar-refractivity contribution in [3.05, 3.63) is 24.2 Å². The zero-order valence-corrected chi connectivity index (χ0v) is 12.7. The fourth-order valence-corrected chi connectivity index (χ4v) is 2.56. The van der Waals surface area contributed by atoms with E-state index in [4.69, 9.17) is 14.1 Å². The van der Waals surface area contributed by atoms with Gasteiger partial charge in [0.2, 0.25) is 0 Å². The molecule has 0 radical (unpaired) electrons. The summed E-state index contributed by atoms with van der Waals surface area (Å²) in [6, 6.07) is 4.51. The summed E-state index contributed by atoms with van der Waals surface area (Å²) in [5.74, 6) is 3.27. The number of hydrogen-bond donors (Lipinski definition) is 2. The highest BCUT2D eigenvalue weighted by atomic mass is 16.5. The van der Waals surface area contributed by atoms with Gasteiger partial charge in [-0.05, 0) is 30.9 Å². The van der Waals surface area contributed by atoms with E-state index in [2.05, 4.69) is 17.6 Å². The third kappa shape index (κ3) is 4.49. The first-order chi connectivity index (χ1) is 10.3. The highest BCUT2D eigenvalue weighted by Crippen LogP contribution is 2.28. The highest BCUT2D eigenvalue weighted by molar-refractivity contribution is 5.80. The van der Waals surface area contributed by atoms with Crippen LogP contribution in [0.25, 0.3) is 0 Å². The van der Waals surface area contributed by atoms with Gasteiger partial charge in [0.25, 0.3) is 0 Å². The Morgan fingerprint density at radius 3 is 3.05 bits per heavy atom. The average Bonchev–Trinajstić information content (AvgIpc) is 2.97. The molecule has 0 spiro atoms. The fraction of sp³-hybridized carbons (Fsp3) is 0.688. The van der Waals surface area contributed by atoms with Crippen molar-refractivity contribution in [2.45, 2.75) is 32.2 Å². The lowest BCUT2D eigenvalue weighted by Crippen LogP contribution is -2.40. The van der Waals surface area contributed by atoms with Gasteiger partial charge in [0, 0.05) is 38.1 Å². The number of nitrogens with zero attached hydrogens (tertiary/aromatic N) is 1. The second-order valence-electron chi connectivity index (χ2n) is 6.14. The van der Waals surface area contributed by atoms with Gasteiger partial charge in [-0.2, -0.15) is 0 Å². The number of aliphatic imine (C=N–C) groups is 1. The predicted octanol–water partition coefficient (Wildman–Crippen LogP) is 1.80. The van der Waals surface area contributed by atoms with Crippen LogP contribution in [0, 0.1) is 11.8 Å². The summed E-state index contributed by atoms with van der Waals surface area (Å²) >= 11 is 0. The van der Waals surface area contributed by atoms with Crippen LogP contribution in [-0.4, -0.2) is 38.3 Å². The Kier molecular flexibility index (Phi) is 4.80. The van der Waals surface area contributed by atoms with Crippen LogP contribution in [0.1, 0.15) is 25.5 Å². The van der Waals surface area contributed by atoms with E-state index < -0.39 is 0 Å². The molecule has 116 valence electrons. The van der Waals surface area contributed by atoms with Crippen molar-refractivity contribution in [2.75, 3.05) is 26.3 Å². The van der Waals surface area contributed by atoms with Crippen molar-refractivity contribution in [2.24, 2.45) is 16.8 Å². The van der Waals surface area contributed by atoms with E-state index in [9.17, 15) is 0 Å². The lowest BCUT2D eigenvalue weighted by molar-refractivity contribution is 0.187. The Labute approximate surface area is 126 Å². The van der Waals surface area contributed by atoms with Gasteiger partial charge in [-0.25, -0.2) is 0 Å². The van der Waals surface area contributed by atoms with Crippen molar-refractivity contribution in [3.8, 4) is 0 Å². The number of rotatable bonds is 6. The zero-order valence-electron chi connectivity index (χ0n) is 12.7. The molecule has 2 heterocycles. The number of guanidine groups is 1. The van der Waals surface area contributed by atoms with E-state index >= 15 is 0 Å². The third-order valence-corrected chi connectivity index (χ3v) is 4.21. The minimum atomic E-state index is 0.574. The molecule has 0 aromatic carbocycles. The van der Waals surface area contributed by atoms with E-state index in [-0.39, 0.29) is 0 Å². The van der Waals surface area contributed by atoms with Gasteiger partial charge in [0.05, 0.1) is 12.9 Å². The molecule has 5 heteroatoms. The van der Waals surface area contributed by atoms with Crippen molar-refractivity contribution in [1.29, 1.82) is 0 Å². The molecule has 3 unspecified atom stereocenters. The molecule has 1 aromatic rings. The Morgan fingerprint density at radius 1 is 1.48 bits per heavy atom. The largest absolute Gasteiger partial charge is 0.469 e. The minimum absolute atomic E-state index is 0.574. The molecule has 0 amide bonds. The quantitative estimate of drug-likeness (QED) is 0.620. The molecule has 5 nitrogen and oxygen atoms in total. The molecule has 2 fully saturated rings. The molecule has 3 rings (SSSR count). The molecule has 21 heavy (non-hydrogen) atoms. The van der Waals surface area contributed by atoms with Crippen LogP contribution in [0.3, 0.4) is 0 Å². The summed E-state index contributed by atoms with van der Waals surface area (Å²) < 4.78 is 10.8. The van der Waals surface area contributed by atoms with E-state index in [0.29, 0.717) is 12.0 Å². The van der Waals surface area contributed by atoms with Crippen molar-refractivity contribution >= 4 is 5.96 Å². The molecule has 1 aliphatic carbocycles. The molecule has 1 aliphatic heterocycles. The van der Waals surface area contributed by atoms with Gasteiger partial charge in [0.15, 0.2) is 5.96 Å². The van der Waals surface area contributed by atoms with Crippen molar-refractivity contribution in [3.63, 3.8) is 0 Å². The summed E-state index contributed by atoms with van der Waals surface area (Å²) in [4.78, 5) is 4.72. The Morgan fingerprint density at radius 2 is 2.38 bits per heavy atom. The first-order valence-electron chi connectivity index (χ1n) is 7.96. The fourth-order valence-electron chi connectivity index (χ4n) is 2.56. The summed E-state index contributed by atoms with van der Waals surface area (Å²) in [7, 11) is 0. The van der Waals surface area contributed by atoms with Crippen molar-refractivity contribution < 1.29 is 9.15 Å². The number of hydrogen-bond acceptors (Lipinski definition) is 3. The predicted molar refractivity (Wildman–Crippen MR) is 82.3 cm³/mol. The van der Waals surface area contributed by atoms with Gasteiger partial charge in [-0.1, -0.05) is 6.92 Å². The summed E-state index contributed by atoms with van der Waals surface area (Å²) in [6.07, 6.45) is 4.96. The molecule has 2 aliphatic rings. The maximum Gasteiger partial charge on any atom is 0.191 e. The molecule has 2 N–H and O–H groups in total. The molecule has 1 saturated carbocycles. The van der Waals surface area contributed by atoms with Gasteiger partial charge in [0.1, 0.15) is 5.76 Å². The second-order valence-corrected chi connectivity index (χ2v) is 6.14. The average molecular weight is 291 g/mol. The second kappa shape index (κ2) is 6.98. The first kappa shape index (κ1) is 14.4. The smallest absolute Gasteiger partial charge is 0.191 e. The van der Waals surface area contributed by atoms with E-state index in [1.54, 1.807) is 6.26 Å². The van der Waals surface area contributed by atoms with E-state index in [0.717, 1.165) is 56.8 Å². The van der Waals surface area contributed by atoms with Crippen LogP contribution in [0.15, 0.2) is 27.8 Å². The van der Waals surface area contributed by atoms with Crippen LogP contribution in [-0.2, 0) is 11.2 Å². The van der Waals surface area contributed by atoms with E-state index in [1.165, 1.54) is 6.42 Å². The lowest BCUT2D eigenvalue weighted by atomic mass is 10.1. The van der Waals surface area contributed by atoms with Gasteiger partial charge in [-0.3, -0.25) is 4.99 Å². The number of ether oxygens (including phenoxy) is 1. The van der Waals surface area contributed by atoms with Gasteiger partial charge < -0.3 is 19.8 Å². The number of nitrogens with one attached hydrogen (secondary N) is 2. The Bertz CT molecular complexity index is 452. The van der Waals surface area contributed by atoms with Crippen LogP contribution < -0.4 is 10.6 Å². The van der Waals surface area contributed by atoms with Crippen LogP contribution in [0.5, 0.6) is 0 Å². The van der Waals surface area contributed by atoms with Gasteiger partial charge in [-0.15, -0.1) is 0 Å². The lowest BCUT2D eigenvalue weighted by Gasteiger charge is -2.13. The van der Waals surface area contributed by atoms with E-state index in [1.807, 2.05) is 12.1 Å². The van der Waals surface area contributed by atoms with Crippen LogP contribution >= 0.6 is 0 Å². The SMILES string of the molecule is CC1CC1NC(=NCC1CCOC1)NCCc1ccco1. The standard InChI is InChI=1S/C16H25N3O2/c1-12-9-15(12)19-16(18-10-13-5-8-20-11-13)17-6-4-14-3-2-7-21-14/h2-3,7,12-13,15H,4-6,8-11H2,1H3,(H2,17,18,19). The van der Waals surface area contributed by atoms with Gasteiger partial charge >= 0.3 is 0 Å². The maximum atomic E-state index is 5.41. The summed E-state index contributed by atoms with van der Waals surface area (Å²) in [5.41, 5.74) is 0. The molecule has 1 saturated heterocycles. The monoisotopic (exact) mass is 291 g/mol. The maximum absolute atomic E-state index is 5.41.